The van der Waals surface area contributed by atoms with Gasteiger partial charge in [0, 0.05) is 33.8 Å². The van der Waals surface area contributed by atoms with Crippen molar-refractivity contribution >= 4 is 33.4 Å². The number of ether oxygens (including phenoxy) is 3. The van der Waals surface area contributed by atoms with Crippen LogP contribution in [0, 0.1) is 11.3 Å². The van der Waals surface area contributed by atoms with Gasteiger partial charge in [-0.05, 0) is 62.1 Å². The molecule has 33 heavy (non-hydrogen) atoms. The lowest BCUT2D eigenvalue weighted by Gasteiger charge is -2.39. The van der Waals surface area contributed by atoms with Crippen LogP contribution in [0.15, 0.2) is 32.9 Å². The van der Waals surface area contributed by atoms with Gasteiger partial charge in [0.2, 0.25) is 6.79 Å². The van der Waals surface area contributed by atoms with Crippen LogP contribution in [0.1, 0.15) is 77.2 Å². The first-order valence-corrected chi connectivity index (χ1v) is 12.6. The molecular weight excluding hydrogens is 486 g/mol. The molecule has 0 radical (unpaired) electrons. The monoisotopic (exact) mass is 515 g/mol. The highest BCUT2D eigenvalue weighted by Gasteiger charge is 2.47. The molecule has 2 heterocycles. The molecule has 1 unspecified atom stereocenters. The summed E-state index contributed by atoms with van der Waals surface area (Å²) in [6.45, 7) is 6.23. The van der Waals surface area contributed by atoms with Crippen LogP contribution in [0.5, 0.6) is 11.5 Å². The number of hydrogen-bond acceptors (Lipinski definition) is 6. The number of benzene rings is 1. The Labute approximate surface area is 202 Å². The first kappa shape index (κ1) is 22.6. The number of hydrogen-bond donors (Lipinski definition) is 0. The molecule has 176 valence electrons. The second-order valence-corrected chi connectivity index (χ2v) is 11.3. The van der Waals surface area contributed by atoms with E-state index in [4.69, 9.17) is 19.2 Å². The largest absolute Gasteiger partial charge is 0.462 e. The highest BCUT2D eigenvalue weighted by molar-refractivity contribution is 9.10. The minimum atomic E-state index is -0.646. The number of aliphatic imine (C=N–C) groups is 1. The predicted molar refractivity (Wildman–Crippen MR) is 128 cm³/mol. The van der Waals surface area contributed by atoms with E-state index in [0.29, 0.717) is 35.6 Å². The Hall–Kier alpha value is -2.15. The number of esters is 1. The number of ketones is 1. The summed E-state index contributed by atoms with van der Waals surface area (Å²) >= 11 is 3.68. The summed E-state index contributed by atoms with van der Waals surface area (Å²) in [6.07, 6.45) is 6.22. The second kappa shape index (κ2) is 8.57. The number of carbonyl (C=O) groups is 2. The molecule has 4 aliphatic rings. The Morgan fingerprint density at radius 2 is 1.82 bits per heavy atom. The van der Waals surface area contributed by atoms with E-state index in [0.717, 1.165) is 41.4 Å². The SMILES string of the molecule is CC1=NC2=C(C(=O)CC(C)(C)C2)[C@@H](c2cc3c(cc2Br)OCO3)C1C(=O)OC1CCCCC1. The van der Waals surface area contributed by atoms with Gasteiger partial charge in [-0.3, -0.25) is 14.6 Å². The zero-order chi connectivity index (χ0) is 23.3. The van der Waals surface area contributed by atoms with Crippen LogP contribution in [0.2, 0.25) is 0 Å². The number of Topliss-reactive ketones (excluding diaryl/α,β-unsaturated/α-hetero) is 1. The van der Waals surface area contributed by atoms with Crippen molar-refractivity contribution in [2.75, 3.05) is 6.79 Å². The van der Waals surface area contributed by atoms with Crippen LogP contribution in [0.3, 0.4) is 0 Å². The molecule has 0 N–H and O–H groups in total. The van der Waals surface area contributed by atoms with E-state index >= 15 is 0 Å². The zero-order valence-corrected chi connectivity index (χ0v) is 21.0. The summed E-state index contributed by atoms with van der Waals surface area (Å²) in [5.41, 5.74) is 2.82. The highest BCUT2D eigenvalue weighted by Crippen LogP contribution is 2.51. The lowest BCUT2D eigenvalue weighted by atomic mass is 9.67. The fraction of sp³-hybridized carbons (Fsp3) is 0.577. The molecule has 2 aliphatic heterocycles. The summed E-state index contributed by atoms with van der Waals surface area (Å²) in [5.74, 6) is -0.0741. The number of allylic oxidation sites excluding steroid dienone is 2. The van der Waals surface area contributed by atoms with Gasteiger partial charge in [0.05, 0.1) is 0 Å². The molecular formula is C26H30BrNO5. The maximum absolute atomic E-state index is 13.6. The van der Waals surface area contributed by atoms with Gasteiger partial charge in [-0.2, -0.15) is 0 Å². The zero-order valence-electron chi connectivity index (χ0n) is 19.4. The summed E-state index contributed by atoms with van der Waals surface area (Å²) < 4.78 is 18.0. The van der Waals surface area contributed by atoms with E-state index in [2.05, 4.69) is 29.8 Å². The van der Waals surface area contributed by atoms with Crippen molar-refractivity contribution < 1.29 is 23.8 Å². The summed E-state index contributed by atoms with van der Waals surface area (Å²) in [4.78, 5) is 31.9. The molecule has 5 rings (SSSR count). The average Bonchev–Trinajstić information content (AvgIpc) is 3.19. The molecule has 1 aromatic carbocycles. The molecule has 6 nitrogen and oxygen atoms in total. The van der Waals surface area contributed by atoms with Gasteiger partial charge in [-0.15, -0.1) is 0 Å². The van der Waals surface area contributed by atoms with Gasteiger partial charge in [-0.25, -0.2) is 0 Å². The van der Waals surface area contributed by atoms with E-state index in [-0.39, 0.29) is 30.1 Å². The van der Waals surface area contributed by atoms with Crippen LogP contribution in [-0.2, 0) is 14.3 Å². The van der Waals surface area contributed by atoms with Crippen molar-refractivity contribution in [1.82, 2.24) is 0 Å². The number of nitrogens with zero attached hydrogens (tertiary/aromatic N) is 1. The van der Waals surface area contributed by atoms with Crippen LogP contribution < -0.4 is 9.47 Å². The second-order valence-electron chi connectivity index (χ2n) is 10.4. The van der Waals surface area contributed by atoms with Crippen LogP contribution >= 0.6 is 15.9 Å². The third kappa shape index (κ3) is 4.25. The van der Waals surface area contributed by atoms with Gasteiger partial charge in [0.25, 0.3) is 0 Å². The Balaban J connectivity index is 1.60. The van der Waals surface area contributed by atoms with Gasteiger partial charge < -0.3 is 14.2 Å². The minimum Gasteiger partial charge on any atom is -0.462 e. The van der Waals surface area contributed by atoms with Crippen molar-refractivity contribution in [1.29, 1.82) is 0 Å². The van der Waals surface area contributed by atoms with Crippen LogP contribution in [0.4, 0.5) is 0 Å². The van der Waals surface area contributed by atoms with E-state index in [1.165, 1.54) is 6.42 Å². The predicted octanol–water partition coefficient (Wildman–Crippen LogP) is 5.87. The molecule has 1 saturated carbocycles. The summed E-state index contributed by atoms with van der Waals surface area (Å²) in [6, 6.07) is 3.76. The van der Waals surface area contributed by atoms with E-state index in [9.17, 15) is 9.59 Å². The third-order valence-corrected chi connectivity index (χ3v) is 7.90. The number of carbonyl (C=O) groups excluding carboxylic acids is 2. The fourth-order valence-corrected chi connectivity index (χ4v) is 6.25. The van der Waals surface area contributed by atoms with Crippen molar-refractivity contribution in [2.45, 2.75) is 77.7 Å². The molecule has 0 aromatic heterocycles. The number of rotatable bonds is 3. The van der Waals surface area contributed by atoms with Gasteiger partial charge in [-0.1, -0.05) is 36.2 Å². The summed E-state index contributed by atoms with van der Waals surface area (Å²) in [5, 5.41) is 0. The minimum absolute atomic E-state index is 0.0579. The van der Waals surface area contributed by atoms with E-state index in [1.807, 2.05) is 19.1 Å². The Morgan fingerprint density at radius 3 is 2.55 bits per heavy atom. The number of halogens is 1. The topological polar surface area (TPSA) is 74.2 Å². The molecule has 0 bridgehead atoms. The van der Waals surface area contributed by atoms with Gasteiger partial charge >= 0.3 is 5.97 Å². The Bertz CT molecular complexity index is 1070. The van der Waals surface area contributed by atoms with Crippen molar-refractivity contribution in [3.63, 3.8) is 0 Å². The molecule has 2 aliphatic carbocycles. The highest BCUT2D eigenvalue weighted by atomic mass is 79.9. The third-order valence-electron chi connectivity index (χ3n) is 7.22. The van der Waals surface area contributed by atoms with E-state index in [1.54, 1.807) is 0 Å². The van der Waals surface area contributed by atoms with Crippen LogP contribution in [0.25, 0.3) is 0 Å². The van der Waals surface area contributed by atoms with Crippen molar-refractivity contribution in [3.8, 4) is 11.5 Å². The molecule has 7 heteroatoms. The normalized spacial score (nSPS) is 26.7. The van der Waals surface area contributed by atoms with E-state index < -0.39 is 11.8 Å². The maximum Gasteiger partial charge on any atom is 0.315 e. The van der Waals surface area contributed by atoms with Crippen LogP contribution in [-0.4, -0.2) is 30.4 Å². The average molecular weight is 516 g/mol. The Morgan fingerprint density at radius 1 is 1.12 bits per heavy atom. The molecule has 0 saturated heterocycles. The lowest BCUT2D eigenvalue weighted by molar-refractivity contribution is -0.153. The molecule has 1 fully saturated rings. The first-order chi connectivity index (χ1) is 15.7. The first-order valence-electron chi connectivity index (χ1n) is 11.8. The maximum atomic E-state index is 13.6. The molecule has 0 spiro atoms. The van der Waals surface area contributed by atoms with Crippen molar-refractivity contribution in [2.24, 2.45) is 16.3 Å². The van der Waals surface area contributed by atoms with Gasteiger partial charge in [0.1, 0.15) is 12.0 Å². The lowest BCUT2D eigenvalue weighted by Crippen LogP contribution is -2.40. The molecule has 2 atom stereocenters. The molecule has 1 aromatic rings. The fourth-order valence-electron chi connectivity index (χ4n) is 5.68. The standard InChI is InChI=1S/C26H30BrNO5/c1-14-22(25(30)33-15-7-5-4-6-8-15)23(16-9-20-21(10-17(16)27)32-13-31-20)24-18(28-14)11-26(2,3)12-19(24)29/h9-10,15,22-23H,4-8,11-13H2,1-3H3/t22?,23-/m0/s1. The Kier molecular flexibility index (Phi) is 5.88. The summed E-state index contributed by atoms with van der Waals surface area (Å²) in [7, 11) is 0. The van der Waals surface area contributed by atoms with Gasteiger partial charge in [0.15, 0.2) is 17.3 Å². The molecule has 0 amide bonds. The number of fused-ring (bicyclic) bond motifs is 1. The quantitative estimate of drug-likeness (QED) is 0.470. The van der Waals surface area contributed by atoms with Crippen molar-refractivity contribution in [3.05, 3.63) is 33.4 Å². The smallest absolute Gasteiger partial charge is 0.315 e.